The summed E-state index contributed by atoms with van der Waals surface area (Å²) < 4.78 is 5.66. The zero-order chi connectivity index (χ0) is 9.14. The van der Waals surface area contributed by atoms with Crippen LogP contribution in [0.1, 0.15) is 5.56 Å². The summed E-state index contributed by atoms with van der Waals surface area (Å²) in [4.78, 5) is 0. The van der Waals surface area contributed by atoms with Crippen molar-refractivity contribution in [2.75, 3.05) is 12.8 Å². The predicted molar refractivity (Wildman–Crippen MR) is 49.8 cm³/mol. The minimum atomic E-state index is 0.423. The topological polar surface area (TPSA) is 59.0 Å². The standard InChI is InChI=1S/C8H7BrN2O/c1-12-8-5(4-10)6(9)2-3-7(8)11/h2-3H,11H2,1H3. The summed E-state index contributed by atoms with van der Waals surface area (Å²) in [6.45, 7) is 0. The molecular weight excluding hydrogens is 220 g/mol. The minimum Gasteiger partial charge on any atom is -0.493 e. The number of anilines is 1. The van der Waals surface area contributed by atoms with Crippen LogP contribution in [0.3, 0.4) is 0 Å². The number of nitrogens with zero attached hydrogens (tertiary/aromatic N) is 1. The van der Waals surface area contributed by atoms with Crippen molar-refractivity contribution in [3.63, 3.8) is 0 Å². The van der Waals surface area contributed by atoms with Crippen LogP contribution in [-0.2, 0) is 0 Å². The summed E-state index contributed by atoms with van der Waals surface area (Å²) in [5, 5.41) is 8.74. The maximum atomic E-state index is 8.74. The largest absolute Gasteiger partial charge is 0.493 e. The first kappa shape index (κ1) is 8.88. The number of benzene rings is 1. The van der Waals surface area contributed by atoms with Crippen LogP contribution in [0.15, 0.2) is 16.6 Å². The van der Waals surface area contributed by atoms with Crippen molar-refractivity contribution in [1.82, 2.24) is 0 Å². The molecule has 12 heavy (non-hydrogen) atoms. The maximum absolute atomic E-state index is 8.74. The van der Waals surface area contributed by atoms with Crippen molar-refractivity contribution in [2.45, 2.75) is 0 Å². The second-order valence-corrected chi connectivity index (χ2v) is 3.01. The molecule has 0 aromatic heterocycles. The molecule has 0 heterocycles. The molecule has 0 bridgehead atoms. The predicted octanol–water partition coefficient (Wildman–Crippen LogP) is 1.91. The number of nitrogen functional groups attached to an aromatic ring is 1. The molecule has 0 aliphatic rings. The van der Waals surface area contributed by atoms with Crippen LogP contribution in [0.4, 0.5) is 5.69 Å². The number of nitrogens with two attached hydrogens (primary N) is 1. The van der Waals surface area contributed by atoms with E-state index in [1.807, 2.05) is 6.07 Å². The molecule has 0 aliphatic carbocycles. The number of nitriles is 1. The van der Waals surface area contributed by atoms with Gasteiger partial charge in [-0.05, 0) is 28.1 Å². The van der Waals surface area contributed by atoms with E-state index in [4.69, 9.17) is 15.7 Å². The van der Waals surface area contributed by atoms with Gasteiger partial charge in [0.15, 0.2) is 5.75 Å². The van der Waals surface area contributed by atoms with Crippen LogP contribution in [-0.4, -0.2) is 7.11 Å². The van der Waals surface area contributed by atoms with E-state index in [0.717, 1.165) is 0 Å². The van der Waals surface area contributed by atoms with E-state index in [2.05, 4.69) is 15.9 Å². The van der Waals surface area contributed by atoms with Crippen LogP contribution in [0.25, 0.3) is 0 Å². The monoisotopic (exact) mass is 226 g/mol. The van der Waals surface area contributed by atoms with Crippen LogP contribution >= 0.6 is 15.9 Å². The van der Waals surface area contributed by atoms with Crippen molar-refractivity contribution in [3.8, 4) is 11.8 Å². The zero-order valence-electron chi connectivity index (χ0n) is 6.47. The van der Waals surface area contributed by atoms with E-state index in [1.165, 1.54) is 7.11 Å². The Kier molecular flexibility index (Phi) is 2.56. The molecule has 0 atom stereocenters. The van der Waals surface area contributed by atoms with Gasteiger partial charge in [-0.1, -0.05) is 0 Å². The minimum absolute atomic E-state index is 0.423. The molecule has 0 fully saturated rings. The summed E-state index contributed by atoms with van der Waals surface area (Å²) in [5.41, 5.74) is 6.48. The lowest BCUT2D eigenvalue weighted by molar-refractivity contribution is 0.415. The van der Waals surface area contributed by atoms with E-state index in [9.17, 15) is 0 Å². The first-order valence-corrected chi connectivity index (χ1v) is 4.02. The second-order valence-electron chi connectivity index (χ2n) is 2.16. The molecule has 0 aliphatic heterocycles. The molecule has 0 saturated heterocycles. The van der Waals surface area contributed by atoms with Gasteiger partial charge in [-0.3, -0.25) is 0 Å². The van der Waals surface area contributed by atoms with E-state index in [1.54, 1.807) is 12.1 Å². The summed E-state index contributed by atoms with van der Waals surface area (Å²) in [5.74, 6) is 0.423. The van der Waals surface area contributed by atoms with E-state index in [-0.39, 0.29) is 0 Å². The van der Waals surface area contributed by atoms with Gasteiger partial charge >= 0.3 is 0 Å². The van der Waals surface area contributed by atoms with E-state index in [0.29, 0.717) is 21.5 Å². The Morgan fingerprint density at radius 1 is 1.58 bits per heavy atom. The Labute approximate surface area is 78.9 Å². The lowest BCUT2D eigenvalue weighted by Crippen LogP contribution is -1.95. The molecule has 0 amide bonds. The molecule has 4 heteroatoms. The van der Waals surface area contributed by atoms with Crippen LogP contribution in [0.5, 0.6) is 5.75 Å². The van der Waals surface area contributed by atoms with Crippen molar-refractivity contribution >= 4 is 21.6 Å². The van der Waals surface area contributed by atoms with Gasteiger partial charge in [-0.2, -0.15) is 5.26 Å². The highest BCUT2D eigenvalue weighted by Gasteiger charge is 2.09. The number of halogens is 1. The SMILES string of the molecule is COc1c(N)ccc(Br)c1C#N. The molecule has 1 aromatic rings. The Bertz CT molecular complexity index is 344. The van der Waals surface area contributed by atoms with E-state index < -0.39 is 0 Å². The van der Waals surface area contributed by atoms with Gasteiger partial charge in [0, 0.05) is 4.47 Å². The first-order valence-electron chi connectivity index (χ1n) is 3.22. The van der Waals surface area contributed by atoms with Crippen molar-refractivity contribution in [3.05, 3.63) is 22.2 Å². The fourth-order valence-corrected chi connectivity index (χ4v) is 1.30. The van der Waals surface area contributed by atoms with Gasteiger partial charge in [-0.25, -0.2) is 0 Å². The number of hydrogen-bond acceptors (Lipinski definition) is 3. The molecule has 62 valence electrons. The smallest absolute Gasteiger partial charge is 0.160 e. The Hall–Kier alpha value is -1.21. The van der Waals surface area contributed by atoms with Gasteiger partial charge in [0.25, 0.3) is 0 Å². The Balaban J connectivity index is 3.41. The molecular formula is C8H7BrN2O. The molecule has 1 aromatic carbocycles. The number of methoxy groups -OCH3 is 1. The Morgan fingerprint density at radius 3 is 2.67 bits per heavy atom. The summed E-state index contributed by atoms with van der Waals surface area (Å²) in [7, 11) is 1.49. The number of ether oxygens (including phenoxy) is 1. The summed E-state index contributed by atoms with van der Waals surface area (Å²) in [6, 6.07) is 5.41. The quantitative estimate of drug-likeness (QED) is 0.745. The average Bonchev–Trinajstić information content (AvgIpc) is 2.08. The fraction of sp³-hybridized carbons (Fsp3) is 0.125. The van der Waals surface area contributed by atoms with Crippen molar-refractivity contribution in [2.24, 2.45) is 0 Å². The fourth-order valence-electron chi connectivity index (χ4n) is 0.899. The summed E-state index contributed by atoms with van der Waals surface area (Å²) in [6.07, 6.45) is 0. The third-order valence-corrected chi connectivity index (χ3v) is 2.11. The molecule has 0 spiro atoms. The Morgan fingerprint density at radius 2 is 2.25 bits per heavy atom. The molecule has 0 unspecified atom stereocenters. The van der Waals surface area contributed by atoms with E-state index >= 15 is 0 Å². The molecule has 2 N–H and O–H groups in total. The molecule has 1 rings (SSSR count). The lowest BCUT2D eigenvalue weighted by Gasteiger charge is -2.06. The number of hydrogen-bond donors (Lipinski definition) is 1. The highest BCUT2D eigenvalue weighted by Crippen LogP contribution is 2.31. The maximum Gasteiger partial charge on any atom is 0.160 e. The third-order valence-electron chi connectivity index (χ3n) is 1.45. The van der Waals surface area contributed by atoms with Crippen molar-refractivity contribution < 1.29 is 4.74 Å². The first-order chi connectivity index (χ1) is 5.70. The average molecular weight is 227 g/mol. The van der Waals surface area contributed by atoms with Gasteiger partial charge in [0.1, 0.15) is 11.6 Å². The summed E-state index contributed by atoms with van der Waals surface area (Å²) >= 11 is 3.22. The normalized spacial score (nSPS) is 9.08. The van der Waals surface area contributed by atoms with Gasteiger partial charge in [0.2, 0.25) is 0 Å². The highest BCUT2D eigenvalue weighted by atomic mass is 79.9. The van der Waals surface area contributed by atoms with Crippen LogP contribution in [0, 0.1) is 11.3 Å². The lowest BCUT2D eigenvalue weighted by atomic mass is 10.2. The van der Waals surface area contributed by atoms with Gasteiger partial charge in [0.05, 0.1) is 12.8 Å². The third kappa shape index (κ3) is 1.36. The van der Waals surface area contributed by atoms with Gasteiger partial charge < -0.3 is 10.5 Å². The zero-order valence-corrected chi connectivity index (χ0v) is 8.05. The van der Waals surface area contributed by atoms with Crippen LogP contribution < -0.4 is 10.5 Å². The molecule has 0 saturated carbocycles. The van der Waals surface area contributed by atoms with Gasteiger partial charge in [-0.15, -0.1) is 0 Å². The molecule has 3 nitrogen and oxygen atoms in total. The second kappa shape index (κ2) is 3.46. The van der Waals surface area contributed by atoms with Crippen molar-refractivity contribution in [1.29, 1.82) is 5.26 Å². The highest BCUT2D eigenvalue weighted by molar-refractivity contribution is 9.10. The van der Waals surface area contributed by atoms with Crippen LogP contribution in [0.2, 0.25) is 0 Å². The number of rotatable bonds is 1. The molecule has 0 radical (unpaired) electrons.